The normalized spacial score (nSPS) is 14.9. The molecule has 1 saturated carbocycles. The lowest BCUT2D eigenvalue weighted by Crippen LogP contribution is -2.28. The van der Waals surface area contributed by atoms with E-state index in [1.54, 1.807) is 30.0 Å². The molecule has 3 N–H and O–H groups in total. The number of hydrogen-bond acceptors (Lipinski definition) is 10. The Morgan fingerprint density at radius 3 is 2.65 bits per heavy atom. The fraction of sp³-hybridized carbons (Fsp3) is 0.375. The van der Waals surface area contributed by atoms with Crippen molar-refractivity contribution in [2.75, 3.05) is 12.4 Å². The number of nitrogens with zero attached hydrogens (tertiary/aromatic N) is 7. The Kier molecular flexibility index (Phi) is 6.89. The third kappa shape index (κ3) is 4.91. The number of nitrogens with two attached hydrogens (primary N) is 1. The van der Waals surface area contributed by atoms with Crippen LogP contribution < -0.4 is 20.8 Å². The highest BCUT2D eigenvalue weighted by Gasteiger charge is 2.31. The van der Waals surface area contributed by atoms with Crippen molar-refractivity contribution in [2.45, 2.75) is 56.5 Å². The van der Waals surface area contributed by atoms with Gasteiger partial charge in [0.25, 0.3) is 5.56 Å². The van der Waals surface area contributed by atoms with E-state index < -0.39 is 11.0 Å². The van der Waals surface area contributed by atoms with Gasteiger partial charge in [-0.05, 0) is 38.3 Å². The minimum atomic E-state index is -1.60. The maximum atomic E-state index is 13.6. The molecule has 0 radical (unpaired) electrons. The first-order valence-corrected chi connectivity index (χ1v) is 13.2. The van der Waals surface area contributed by atoms with Gasteiger partial charge in [-0.2, -0.15) is 0 Å². The van der Waals surface area contributed by atoms with Crippen LogP contribution in [0.1, 0.15) is 56.5 Å². The van der Waals surface area contributed by atoms with Crippen molar-refractivity contribution in [3.63, 3.8) is 0 Å². The lowest BCUT2D eigenvalue weighted by molar-refractivity contribution is 0.397. The van der Waals surface area contributed by atoms with Gasteiger partial charge in [0.1, 0.15) is 28.4 Å². The van der Waals surface area contributed by atoms with Crippen LogP contribution in [0.15, 0.2) is 40.5 Å². The van der Waals surface area contributed by atoms with E-state index in [9.17, 15) is 9.00 Å². The van der Waals surface area contributed by atoms with Crippen molar-refractivity contribution in [3.05, 3.63) is 52.6 Å². The highest BCUT2D eigenvalue weighted by atomic mass is 32.2. The molecule has 4 heterocycles. The Morgan fingerprint density at radius 1 is 1.19 bits per heavy atom. The Bertz CT molecular complexity index is 1540. The maximum Gasteiger partial charge on any atom is 0.295 e. The molecule has 0 bridgehead atoms. The highest BCUT2D eigenvalue weighted by molar-refractivity contribution is 7.82. The Balaban J connectivity index is 1.57. The van der Waals surface area contributed by atoms with Crippen molar-refractivity contribution >= 4 is 28.0 Å². The van der Waals surface area contributed by atoms with E-state index in [2.05, 4.69) is 30.2 Å². The number of anilines is 1. The number of pyridine rings is 1. The average Bonchev–Trinajstić information content (AvgIpc) is 3.76. The van der Waals surface area contributed by atoms with E-state index in [1.807, 2.05) is 13.8 Å². The molecule has 0 amide bonds. The van der Waals surface area contributed by atoms with Gasteiger partial charge in [-0.15, -0.1) is 0 Å². The van der Waals surface area contributed by atoms with Crippen LogP contribution in [0.25, 0.3) is 22.6 Å². The summed E-state index contributed by atoms with van der Waals surface area (Å²) in [5.41, 5.74) is 2.73. The van der Waals surface area contributed by atoms with Crippen LogP contribution in [-0.2, 0) is 17.5 Å². The van der Waals surface area contributed by atoms with E-state index in [4.69, 9.17) is 14.9 Å². The van der Waals surface area contributed by atoms with Crippen molar-refractivity contribution in [3.8, 4) is 17.3 Å². The molecule has 192 valence electrons. The quantitative estimate of drug-likeness (QED) is 0.334. The summed E-state index contributed by atoms with van der Waals surface area (Å²) in [4.78, 5) is 40.9. The molecule has 0 aromatic carbocycles. The number of aromatic nitrogens is 7. The van der Waals surface area contributed by atoms with Crippen molar-refractivity contribution in [1.29, 1.82) is 0 Å². The average molecular weight is 522 g/mol. The number of methoxy groups -OCH3 is 1. The molecule has 4 aromatic rings. The molecule has 4 aromatic heterocycles. The third-order valence-electron chi connectivity index (χ3n) is 6.35. The van der Waals surface area contributed by atoms with E-state index in [1.165, 1.54) is 12.5 Å². The van der Waals surface area contributed by atoms with E-state index in [0.717, 1.165) is 18.5 Å². The zero-order chi connectivity index (χ0) is 26.1. The van der Waals surface area contributed by atoms with Gasteiger partial charge >= 0.3 is 0 Å². The Labute approximate surface area is 215 Å². The zero-order valence-electron chi connectivity index (χ0n) is 20.7. The van der Waals surface area contributed by atoms with Crippen LogP contribution in [0.3, 0.4) is 0 Å². The zero-order valence-corrected chi connectivity index (χ0v) is 21.5. The van der Waals surface area contributed by atoms with E-state index >= 15 is 0 Å². The molecule has 1 unspecified atom stereocenters. The van der Waals surface area contributed by atoms with Gasteiger partial charge in [-0.3, -0.25) is 14.3 Å². The van der Waals surface area contributed by atoms with Crippen LogP contribution in [-0.4, -0.2) is 45.8 Å². The SMILES string of the molecule is CC[C@@H](C)n1c(=O)c(NCc2ccc(S(N)=O)cn2)nc2cnc(-c3c(OC)ncnc3C3CC3)nc21. The van der Waals surface area contributed by atoms with Crippen LogP contribution in [0, 0.1) is 0 Å². The summed E-state index contributed by atoms with van der Waals surface area (Å²) in [5, 5.41) is 8.46. The molecular weight excluding hydrogens is 494 g/mol. The number of hydrogen-bond donors (Lipinski definition) is 2. The predicted molar refractivity (Wildman–Crippen MR) is 138 cm³/mol. The van der Waals surface area contributed by atoms with E-state index in [0.29, 0.717) is 51.4 Å². The molecule has 12 nitrogen and oxygen atoms in total. The lowest BCUT2D eigenvalue weighted by Gasteiger charge is -2.18. The van der Waals surface area contributed by atoms with Gasteiger partial charge in [-0.25, -0.2) is 34.3 Å². The highest BCUT2D eigenvalue weighted by Crippen LogP contribution is 2.44. The standard InChI is InChI=1S/C24H27N9O3S/c1-4-13(2)33-22-17(31-21(24(33)34)27-9-15-7-8-16(10-26-15)37(25)35)11-28-20(32-22)18-19(14-5-6-14)29-12-30-23(18)36-3/h7-8,10-14H,4-6,9,25H2,1-3H3,(H,27,31)/t13-,37?/m1/s1. The number of rotatable bonds is 9. The number of ether oxygens (including phenoxy) is 1. The summed E-state index contributed by atoms with van der Waals surface area (Å²) >= 11 is 0. The monoisotopic (exact) mass is 521 g/mol. The molecular formula is C24H27N9O3S. The first kappa shape index (κ1) is 24.8. The molecule has 1 aliphatic carbocycles. The molecule has 1 fully saturated rings. The summed E-state index contributed by atoms with van der Waals surface area (Å²) < 4.78 is 18.5. The van der Waals surface area contributed by atoms with Crippen LogP contribution >= 0.6 is 0 Å². The molecule has 0 aliphatic heterocycles. The van der Waals surface area contributed by atoms with Gasteiger partial charge in [0.05, 0.1) is 36.1 Å². The number of nitrogens with one attached hydrogen (secondary N) is 1. The molecule has 37 heavy (non-hydrogen) atoms. The fourth-order valence-corrected chi connectivity index (χ4v) is 4.41. The second-order valence-electron chi connectivity index (χ2n) is 8.85. The first-order valence-electron chi connectivity index (χ1n) is 11.9. The van der Waals surface area contributed by atoms with Gasteiger partial charge < -0.3 is 10.1 Å². The Hall–Kier alpha value is -3.84. The number of fused-ring (bicyclic) bond motifs is 1. The predicted octanol–water partition coefficient (Wildman–Crippen LogP) is 2.49. The van der Waals surface area contributed by atoms with Gasteiger partial charge in [0.2, 0.25) is 5.88 Å². The minimum Gasteiger partial charge on any atom is -0.480 e. The summed E-state index contributed by atoms with van der Waals surface area (Å²) in [5.74, 6) is 1.28. The maximum absolute atomic E-state index is 13.6. The van der Waals surface area contributed by atoms with Crippen molar-refractivity contribution < 1.29 is 8.95 Å². The fourth-order valence-electron chi connectivity index (χ4n) is 4.05. The summed E-state index contributed by atoms with van der Waals surface area (Å²) in [7, 11) is -0.0517. The second kappa shape index (κ2) is 10.3. The largest absolute Gasteiger partial charge is 0.480 e. The molecule has 5 rings (SSSR count). The summed E-state index contributed by atoms with van der Waals surface area (Å²) in [6, 6.07) is 3.19. The van der Waals surface area contributed by atoms with Gasteiger partial charge in [0.15, 0.2) is 17.3 Å². The molecule has 0 saturated heterocycles. The smallest absolute Gasteiger partial charge is 0.295 e. The molecule has 13 heteroatoms. The first-order chi connectivity index (χ1) is 17.9. The summed E-state index contributed by atoms with van der Waals surface area (Å²) in [6.45, 7) is 4.21. The molecule has 1 aliphatic rings. The second-order valence-corrected chi connectivity index (χ2v) is 9.92. The molecule has 0 spiro atoms. The van der Waals surface area contributed by atoms with Gasteiger partial charge in [0, 0.05) is 18.2 Å². The van der Waals surface area contributed by atoms with Crippen LogP contribution in [0.5, 0.6) is 5.88 Å². The van der Waals surface area contributed by atoms with Crippen LogP contribution in [0.2, 0.25) is 0 Å². The Morgan fingerprint density at radius 2 is 2.00 bits per heavy atom. The van der Waals surface area contributed by atoms with Crippen LogP contribution in [0.4, 0.5) is 5.82 Å². The van der Waals surface area contributed by atoms with E-state index in [-0.39, 0.29) is 24.0 Å². The van der Waals surface area contributed by atoms with Crippen molar-refractivity contribution in [1.82, 2.24) is 34.5 Å². The minimum absolute atomic E-state index is 0.143. The summed E-state index contributed by atoms with van der Waals surface area (Å²) in [6.07, 6.45) is 7.33. The lowest BCUT2D eigenvalue weighted by atomic mass is 10.1. The van der Waals surface area contributed by atoms with Crippen molar-refractivity contribution in [2.24, 2.45) is 5.14 Å². The third-order valence-corrected chi connectivity index (χ3v) is 7.06. The topological polar surface area (TPSA) is 164 Å². The molecule has 2 atom stereocenters. The van der Waals surface area contributed by atoms with Gasteiger partial charge in [-0.1, -0.05) is 6.92 Å².